The molecule has 0 saturated heterocycles. The first-order chi connectivity index (χ1) is 14.0. The Balaban J connectivity index is 1.71. The molecule has 1 aliphatic heterocycles. The molecule has 1 amide bonds. The van der Waals surface area contributed by atoms with Gasteiger partial charge in [0.1, 0.15) is 11.3 Å². The van der Waals surface area contributed by atoms with Gasteiger partial charge in [-0.05, 0) is 43.2 Å². The molecule has 0 radical (unpaired) electrons. The first kappa shape index (κ1) is 19.2. The Labute approximate surface area is 169 Å². The largest absolute Gasteiger partial charge is 0.494 e. The van der Waals surface area contributed by atoms with Crippen LogP contribution in [0.15, 0.2) is 51.7 Å². The Hall–Kier alpha value is -3.08. The molecule has 0 saturated carbocycles. The van der Waals surface area contributed by atoms with Crippen LogP contribution in [0.5, 0.6) is 5.75 Å². The van der Waals surface area contributed by atoms with Crippen LogP contribution in [0.4, 0.5) is 0 Å². The Morgan fingerprint density at radius 1 is 1.07 bits per heavy atom. The number of aryl methyl sites for hydroxylation is 1. The number of amides is 1. The molecule has 1 aromatic heterocycles. The summed E-state index contributed by atoms with van der Waals surface area (Å²) in [4.78, 5) is 27.6. The minimum absolute atomic E-state index is 0.138. The Kier molecular flexibility index (Phi) is 5.14. The third-order valence-electron chi connectivity index (χ3n) is 5.47. The van der Waals surface area contributed by atoms with E-state index in [-0.39, 0.29) is 17.1 Å². The molecule has 29 heavy (non-hydrogen) atoms. The fourth-order valence-corrected chi connectivity index (χ4v) is 3.88. The van der Waals surface area contributed by atoms with E-state index in [4.69, 9.17) is 9.15 Å². The number of unbranched alkanes of at least 4 members (excludes halogenated alkanes) is 2. The number of carbonyl (C=O) groups is 1. The lowest BCUT2D eigenvalue weighted by Gasteiger charge is -2.20. The van der Waals surface area contributed by atoms with Crippen molar-refractivity contribution >= 4 is 16.9 Å². The zero-order valence-corrected chi connectivity index (χ0v) is 17.0. The molecule has 0 N–H and O–H groups in total. The molecule has 0 aliphatic carbocycles. The number of hydrogen-bond acceptors (Lipinski definition) is 4. The first-order valence-corrected chi connectivity index (χ1v) is 10.1. The molecular formula is C24H25NO4. The van der Waals surface area contributed by atoms with Crippen LogP contribution in [0.3, 0.4) is 0 Å². The lowest BCUT2D eigenvalue weighted by atomic mass is 9.98. The predicted molar refractivity (Wildman–Crippen MR) is 113 cm³/mol. The quantitative estimate of drug-likeness (QED) is 0.564. The highest BCUT2D eigenvalue weighted by molar-refractivity contribution is 5.98. The van der Waals surface area contributed by atoms with Crippen molar-refractivity contribution in [1.29, 1.82) is 0 Å². The molecule has 0 spiro atoms. The fraction of sp³-hybridized carbons (Fsp3) is 0.333. The summed E-state index contributed by atoms with van der Waals surface area (Å²) in [7, 11) is 1.70. The van der Waals surface area contributed by atoms with Gasteiger partial charge in [-0.1, -0.05) is 43.5 Å². The van der Waals surface area contributed by atoms with Gasteiger partial charge >= 0.3 is 0 Å². The molecule has 1 unspecified atom stereocenters. The number of rotatable bonds is 6. The van der Waals surface area contributed by atoms with Gasteiger partial charge in [0.25, 0.3) is 5.91 Å². The van der Waals surface area contributed by atoms with Gasteiger partial charge in [0.05, 0.1) is 23.6 Å². The molecule has 5 nitrogen and oxygen atoms in total. The van der Waals surface area contributed by atoms with Crippen LogP contribution >= 0.6 is 0 Å². The summed E-state index contributed by atoms with van der Waals surface area (Å²) < 4.78 is 11.6. The molecule has 2 heterocycles. The van der Waals surface area contributed by atoms with Crippen LogP contribution < -0.4 is 10.2 Å². The van der Waals surface area contributed by atoms with Crippen molar-refractivity contribution in [1.82, 2.24) is 4.90 Å². The summed E-state index contributed by atoms with van der Waals surface area (Å²) in [5.74, 6) is 0.654. The summed E-state index contributed by atoms with van der Waals surface area (Å²) >= 11 is 0. The zero-order chi connectivity index (χ0) is 20.5. The molecule has 150 valence electrons. The van der Waals surface area contributed by atoms with E-state index in [1.54, 1.807) is 18.0 Å². The molecule has 1 atom stereocenters. The van der Waals surface area contributed by atoms with Crippen molar-refractivity contribution in [2.45, 2.75) is 39.2 Å². The minimum atomic E-state index is -0.465. The highest BCUT2D eigenvalue weighted by Crippen LogP contribution is 2.37. The summed E-state index contributed by atoms with van der Waals surface area (Å²) in [5, 5.41) is 0.507. The van der Waals surface area contributed by atoms with Gasteiger partial charge in [-0.3, -0.25) is 9.59 Å². The summed E-state index contributed by atoms with van der Waals surface area (Å²) in [6, 6.07) is 12.6. The third kappa shape index (κ3) is 3.41. The van der Waals surface area contributed by atoms with Gasteiger partial charge in [-0.15, -0.1) is 0 Å². The summed E-state index contributed by atoms with van der Waals surface area (Å²) in [6.07, 6.45) is 3.33. The van der Waals surface area contributed by atoms with E-state index >= 15 is 0 Å². The Morgan fingerprint density at radius 3 is 2.55 bits per heavy atom. The second-order valence-corrected chi connectivity index (χ2v) is 7.62. The van der Waals surface area contributed by atoms with Crippen LogP contribution in [0, 0.1) is 6.92 Å². The summed E-state index contributed by atoms with van der Waals surface area (Å²) in [6.45, 7) is 4.78. The Morgan fingerprint density at radius 2 is 1.83 bits per heavy atom. The first-order valence-electron chi connectivity index (χ1n) is 10.1. The normalized spacial score (nSPS) is 15.8. The van der Waals surface area contributed by atoms with Gasteiger partial charge in [0.2, 0.25) is 5.76 Å². The van der Waals surface area contributed by atoms with Gasteiger partial charge in [0, 0.05) is 7.05 Å². The number of hydrogen-bond donors (Lipinski definition) is 0. The average molecular weight is 391 g/mol. The second kappa shape index (κ2) is 7.74. The lowest BCUT2D eigenvalue weighted by Crippen LogP contribution is -2.25. The molecule has 4 rings (SSSR count). The van der Waals surface area contributed by atoms with Crippen molar-refractivity contribution in [2.24, 2.45) is 0 Å². The van der Waals surface area contributed by atoms with E-state index in [9.17, 15) is 9.59 Å². The van der Waals surface area contributed by atoms with Crippen LogP contribution in [-0.4, -0.2) is 24.5 Å². The number of nitrogens with zero attached hydrogens (tertiary/aromatic N) is 1. The minimum Gasteiger partial charge on any atom is -0.494 e. The predicted octanol–water partition coefficient (Wildman–Crippen LogP) is 4.85. The topological polar surface area (TPSA) is 59.8 Å². The molecule has 2 aromatic carbocycles. The lowest BCUT2D eigenvalue weighted by molar-refractivity contribution is 0.0771. The zero-order valence-electron chi connectivity index (χ0n) is 17.0. The number of ether oxygens (including phenoxy) is 1. The number of benzene rings is 2. The number of carbonyl (C=O) groups excluding carboxylic acids is 1. The van der Waals surface area contributed by atoms with Crippen LogP contribution in [-0.2, 0) is 0 Å². The van der Waals surface area contributed by atoms with Crippen LogP contribution in [0.1, 0.15) is 59.5 Å². The van der Waals surface area contributed by atoms with E-state index in [0.717, 1.165) is 36.1 Å². The fourth-order valence-electron chi connectivity index (χ4n) is 3.88. The van der Waals surface area contributed by atoms with Gasteiger partial charge in [-0.2, -0.15) is 0 Å². The second-order valence-electron chi connectivity index (χ2n) is 7.62. The SMILES string of the molecule is CCCCCOc1ccc(C2c3c(oc4ccc(C)cc4c3=O)C(=O)N2C)cc1. The van der Waals surface area contributed by atoms with E-state index in [0.29, 0.717) is 23.1 Å². The van der Waals surface area contributed by atoms with Crippen molar-refractivity contribution in [3.05, 3.63) is 75.1 Å². The third-order valence-corrected chi connectivity index (χ3v) is 5.47. The number of fused-ring (bicyclic) bond motifs is 2. The highest BCUT2D eigenvalue weighted by atomic mass is 16.5. The van der Waals surface area contributed by atoms with E-state index in [1.807, 2.05) is 43.3 Å². The van der Waals surface area contributed by atoms with Crippen molar-refractivity contribution in [3.8, 4) is 5.75 Å². The van der Waals surface area contributed by atoms with Crippen LogP contribution in [0.25, 0.3) is 11.0 Å². The maximum Gasteiger partial charge on any atom is 0.290 e. The Bertz CT molecular complexity index is 1110. The van der Waals surface area contributed by atoms with E-state index in [2.05, 4.69) is 6.92 Å². The van der Waals surface area contributed by atoms with Gasteiger partial charge < -0.3 is 14.1 Å². The van der Waals surface area contributed by atoms with E-state index in [1.165, 1.54) is 0 Å². The van der Waals surface area contributed by atoms with Gasteiger partial charge in [0.15, 0.2) is 5.43 Å². The maximum absolute atomic E-state index is 13.3. The molecule has 0 fully saturated rings. The van der Waals surface area contributed by atoms with Crippen LogP contribution in [0.2, 0.25) is 0 Å². The van der Waals surface area contributed by atoms with Crippen molar-refractivity contribution in [2.75, 3.05) is 13.7 Å². The average Bonchev–Trinajstić information content (AvgIpc) is 2.98. The highest BCUT2D eigenvalue weighted by Gasteiger charge is 2.40. The molecule has 5 heteroatoms. The standard InChI is InChI=1S/C24H25NO4/c1-4-5-6-13-28-17-10-8-16(9-11-17)21-20-22(26)18-14-15(2)7-12-19(18)29-23(20)24(27)25(21)3/h7-12,14,21H,4-6,13H2,1-3H3. The molecule has 0 bridgehead atoms. The molecule has 3 aromatic rings. The molecule has 1 aliphatic rings. The van der Waals surface area contributed by atoms with E-state index < -0.39 is 6.04 Å². The molecular weight excluding hydrogens is 366 g/mol. The summed E-state index contributed by atoms with van der Waals surface area (Å²) in [5.41, 5.74) is 2.54. The van der Waals surface area contributed by atoms with Gasteiger partial charge in [-0.25, -0.2) is 0 Å². The van der Waals surface area contributed by atoms with Crippen molar-refractivity contribution in [3.63, 3.8) is 0 Å². The smallest absolute Gasteiger partial charge is 0.290 e. The van der Waals surface area contributed by atoms with Crippen molar-refractivity contribution < 1.29 is 13.9 Å². The maximum atomic E-state index is 13.3. The monoisotopic (exact) mass is 391 g/mol.